The molecule has 0 saturated heterocycles. The molecule has 0 aromatic carbocycles. The zero-order valence-corrected chi connectivity index (χ0v) is 6.96. The van der Waals surface area contributed by atoms with Gasteiger partial charge < -0.3 is 0 Å². The highest BCUT2D eigenvalue weighted by atomic mass is 19.1. The third kappa shape index (κ3) is 9.15. The number of hydrogen-bond acceptors (Lipinski definition) is 0. The Labute approximate surface area is 68.1 Å². The van der Waals surface area contributed by atoms with Crippen molar-refractivity contribution in [2.24, 2.45) is 0 Å². The van der Waals surface area contributed by atoms with Gasteiger partial charge in [0.15, 0.2) is 0 Å². The summed E-state index contributed by atoms with van der Waals surface area (Å²) in [6, 6.07) is 0. The van der Waals surface area contributed by atoms with E-state index < -0.39 is 0 Å². The minimum atomic E-state index is 0.524. The molecule has 0 aliphatic heterocycles. The predicted octanol–water partition coefficient (Wildman–Crippen LogP) is 3.77. The van der Waals surface area contributed by atoms with Crippen LogP contribution in [0.1, 0.15) is 26.2 Å². The minimum Gasteiger partial charge on any atom is -0.216 e. The van der Waals surface area contributed by atoms with Crippen LogP contribution in [-0.4, -0.2) is 0 Å². The van der Waals surface area contributed by atoms with Gasteiger partial charge in [-0.1, -0.05) is 44.1 Å². The van der Waals surface area contributed by atoms with Crippen LogP contribution in [0.4, 0.5) is 4.39 Å². The number of allylic oxidation sites excluding steroid dienone is 5. The summed E-state index contributed by atoms with van der Waals surface area (Å²) in [6.45, 7) is 2.16. The average molecular weight is 154 g/mol. The lowest BCUT2D eigenvalue weighted by atomic mass is 10.2. The normalized spacial score (nSPS) is 12.5. The lowest BCUT2D eigenvalue weighted by Gasteiger charge is -1.84. The fourth-order valence-electron chi connectivity index (χ4n) is 0.667. The minimum absolute atomic E-state index is 0.524. The molecule has 1 heteroatoms. The lowest BCUT2D eigenvalue weighted by molar-refractivity contribution is 0.721. The maximum atomic E-state index is 11.4. The van der Waals surface area contributed by atoms with Crippen LogP contribution in [0.3, 0.4) is 0 Å². The van der Waals surface area contributed by atoms with Gasteiger partial charge in [0.2, 0.25) is 0 Å². The highest BCUT2D eigenvalue weighted by Crippen LogP contribution is 1.94. The summed E-state index contributed by atoms with van der Waals surface area (Å²) in [5, 5.41) is 0. The molecule has 0 aromatic rings. The maximum Gasteiger partial charge on any atom is 0.0866 e. The van der Waals surface area contributed by atoms with E-state index in [0.717, 1.165) is 6.42 Å². The van der Waals surface area contributed by atoms with Crippen molar-refractivity contribution in [2.45, 2.75) is 26.2 Å². The van der Waals surface area contributed by atoms with Crippen molar-refractivity contribution in [1.82, 2.24) is 0 Å². The molecule has 0 amide bonds. The van der Waals surface area contributed by atoms with E-state index >= 15 is 0 Å². The molecule has 0 bridgehead atoms. The van der Waals surface area contributed by atoms with Gasteiger partial charge in [-0.05, 0) is 12.5 Å². The molecule has 0 saturated carbocycles. The van der Waals surface area contributed by atoms with Gasteiger partial charge in [0.05, 0.1) is 6.33 Å². The Morgan fingerprint density at radius 2 is 1.82 bits per heavy atom. The van der Waals surface area contributed by atoms with Crippen LogP contribution in [0.25, 0.3) is 0 Å². The van der Waals surface area contributed by atoms with Gasteiger partial charge >= 0.3 is 0 Å². The molecule has 62 valence electrons. The first-order valence-corrected chi connectivity index (χ1v) is 4.00. The Kier molecular flexibility index (Phi) is 8.44. The van der Waals surface area contributed by atoms with Crippen LogP contribution in [0.5, 0.6) is 0 Å². The molecule has 0 unspecified atom stereocenters. The number of unbranched alkanes of at least 4 members (excludes halogenated alkanes) is 2. The zero-order valence-electron chi connectivity index (χ0n) is 6.96. The fourth-order valence-corrected chi connectivity index (χ4v) is 0.667. The quantitative estimate of drug-likeness (QED) is 0.417. The smallest absolute Gasteiger partial charge is 0.0866 e. The predicted molar refractivity (Wildman–Crippen MR) is 48.1 cm³/mol. The lowest BCUT2D eigenvalue weighted by Crippen LogP contribution is -1.64. The Morgan fingerprint density at radius 3 is 2.45 bits per heavy atom. The van der Waals surface area contributed by atoms with Crippen LogP contribution in [-0.2, 0) is 0 Å². The average Bonchev–Trinajstić information content (AvgIpc) is 2.03. The van der Waals surface area contributed by atoms with Gasteiger partial charge in [-0.15, -0.1) is 0 Å². The molecule has 11 heavy (non-hydrogen) atoms. The largest absolute Gasteiger partial charge is 0.216 e. The van der Waals surface area contributed by atoms with Crippen molar-refractivity contribution in [3.05, 3.63) is 36.7 Å². The molecule has 0 aliphatic carbocycles. The summed E-state index contributed by atoms with van der Waals surface area (Å²) >= 11 is 0. The first-order valence-electron chi connectivity index (χ1n) is 4.00. The Morgan fingerprint density at radius 1 is 1.09 bits per heavy atom. The van der Waals surface area contributed by atoms with Crippen molar-refractivity contribution >= 4 is 0 Å². The Hall–Kier alpha value is -0.850. The first-order chi connectivity index (χ1) is 5.41. The van der Waals surface area contributed by atoms with E-state index in [2.05, 4.69) is 13.0 Å². The number of halogens is 1. The van der Waals surface area contributed by atoms with Crippen molar-refractivity contribution in [1.29, 1.82) is 0 Å². The van der Waals surface area contributed by atoms with Gasteiger partial charge in [0.25, 0.3) is 0 Å². The fraction of sp³-hybridized carbons (Fsp3) is 0.400. The summed E-state index contributed by atoms with van der Waals surface area (Å²) in [6.07, 6.45) is 13.0. The van der Waals surface area contributed by atoms with Crippen LogP contribution in [0.2, 0.25) is 0 Å². The Bertz CT molecular complexity index is 143. The molecule has 0 nitrogen and oxygen atoms in total. The third-order valence-electron chi connectivity index (χ3n) is 1.27. The number of rotatable bonds is 5. The molecule has 0 spiro atoms. The standard InChI is InChI=1S/C10H15F/c1-2-3-4-5-6-7-8-9-10-11/h5-10H,2-4H2,1H3. The van der Waals surface area contributed by atoms with Gasteiger partial charge in [-0.2, -0.15) is 0 Å². The first kappa shape index (κ1) is 10.2. The van der Waals surface area contributed by atoms with E-state index in [0.29, 0.717) is 6.33 Å². The van der Waals surface area contributed by atoms with Crippen molar-refractivity contribution in [3.8, 4) is 0 Å². The van der Waals surface area contributed by atoms with Gasteiger partial charge in [0, 0.05) is 0 Å². The van der Waals surface area contributed by atoms with Crippen LogP contribution in [0.15, 0.2) is 36.7 Å². The van der Waals surface area contributed by atoms with Gasteiger partial charge in [-0.3, -0.25) is 0 Å². The summed E-state index contributed by atoms with van der Waals surface area (Å²) in [5.74, 6) is 0. The van der Waals surface area contributed by atoms with E-state index in [1.165, 1.54) is 18.9 Å². The molecule has 0 rings (SSSR count). The van der Waals surface area contributed by atoms with E-state index in [-0.39, 0.29) is 0 Å². The van der Waals surface area contributed by atoms with Crippen LogP contribution < -0.4 is 0 Å². The van der Waals surface area contributed by atoms with E-state index in [9.17, 15) is 4.39 Å². The molecule has 0 fully saturated rings. The number of hydrogen-bond donors (Lipinski definition) is 0. The zero-order chi connectivity index (χ0) is 8.36. The summed E-state index contributed by atoms with van der Waals surface area (Å²) in [4.78, 5) is 0. The molecular formula is C10H15F. The van der Waals surface area contributed by atoms with Crippen molar-refractivity contribution in [3.63, 3.8) is 0 Å². The van der Waals surface area contributed by atoms with Gasteiger partial charge in [0.1, 0.15) is 0 Å². The van der Waals surface area contributed by atoms with Crippen LogP contribution >= 0.6 is 0 Å². The second-order valence-corrected chi connectivity index (χ2v) is 2.27. The molecule has 0 atom stereocenters. The van der Waals surface area contributed by atoms with Gasteiger partial charge in [-0.25, -0.2) is 4.39 Å². The molecular weight excluding hydrogens is 139 g/mol. The summed E-state index contributed by atoms with van der Waals surface area (Å²) < 4.78 is 11.4. The topological polar surface area (TPSA) is 0 Å². The molecule has 0 aromatic heterocycles. The second kappa shape index (κ2) is 9.15. The SMILES string of the molecule is CCCCC=CC=CC=CF. The van der Waals surface area contributed by atoms with Crippen LogP contribution in [0, 0.1) is 0 Å². The third-order valence-corrected chi connectivity index (χ3v) is 1.27. The summed E-state index contributed by atoms with van der Waals surface area (Å²) in [7, 11) is 0. The van der Waals surface area contributed by atoms with Crippen molar-refractivity contribution in [2.75, 3.05) is 0 Å². The van der Waals surface area contributed by atoms with Crippen molar-refractivity contribution < 1.29 is 4.39 Å². The maximum absolute atomic E-state index is 11.4. The van der Waals surface area contributed by atoms with E-state index in [1.54, 1.807) is 6.08 Å². The monoisotopic (exact) mass is 154 g/mol. The highest BCUT2D eigenvalue weighted by molar-refractivity contribution is 5.09. The molecule has 0 aliphatic rings. The van der Waals surface area contributed by atoms with E-state index in [4.69, 9.17) is 0 Å². The molecule has 0 heterocycles. The molecule has 0 N–H and O–H groups in total. The van der Waals surface area contributed by atoms with E-state index in [1.807, 2.05) is 12.2 Å². The Balaban J connectivity index is 3.28. The summed E-state index contributed by atoms with van der Waals surface area (Å²) in [5.41, 5.74) is 0. The highest BCUT2D eigenvalue weighted by Gasteiger charge is 1.74. The molecule has 0 radical (unpaired) electrons. The second-order valence-electron chi connectivity index (χ2n) is 2.27.